The third-order valence-electron chi connectivity index (χ3n) is 2.19. The van der Waals surface area contributed by atoms with Crippen LogP contribution in [0.25, 0.3) is 0 Å². The molecule has 3 heteroatoms. The molecule has 1 atom stereocenters. The highest BCUT2D eigenvalue weighted by Crippen LogP contribution is 2.01. The standard InChI is InChI=1S/C9H21NOS/c1-9(8-11)10(2)6-4-3-5-7-12/h9,11-12H,3-8H2,1-2H3. The van der Waals surface area contributed by atoms with Crippen molar-refractivity contribution in [1.82, 2.24) is 4.90 Å². The summed E-state index contributed by atoms with van der Waals surface area (Å²) in [7, 11) is 2.06. The minimum Gasteiger partial charge on any atom is -0.395 e. The van der Waals surface area contributed by atoms with E-state index in [0.717, 1.165) is 12.3 Å². The van der Waals surface area contributed by atoms with Crippen LogP contribution in [-0.4, -0.2) is 42.0 Å². The Balaban J connectivity index is 3.24. The van der Waals surface area contributed by atoms with Gasteiger partial charge in [0.1, 0.15) is 0 Å². The third kappa shape index (κ3) is 5.86. The molecule has 2 nitrogen and oxygen atoms in total. The molecule has 0 amide bonds. The maximum Gasteiger partial charge on any atom is 0.0584 e. The Hall–Kier alpha value is 0.270. The topological polar surface area (TPSA) is 23.5 Å². The molecule has 0 aliphatic heterocycles. The molecular formula is C9H21NOS. The molecule has 1 unspecified atom stereocenters. The van der Waals surface area contributed by atoms with Gasteiger partial charge >= 0.3 is 0 Å². The Morgan fingerprint density at radius 1 is 1.33 bits per heavy atom. The zero-order valence-electron chi connectivity index (χ0n) is 8.16. The van der Waals surface area contributed by atoms with Crippen LogP contribution in [-0.2, 0) is 0 Å². The highest BCUT2D eigenvalue weighted by molar-refractivity contribution is 7.80. The largest absolute Gasteiger partial charge is 0.395 e. The van der Waals surface area contributed by atoms with Gasteiger partial charge in [0.25, 0.3) is 0 Å². The number of thiol groups is 1. The Labute approximate surface area is 81.4 Å². The van der Waals surface area contributed by atoms with E-state index in [0.29, 0.717) is 6.04 Å². The number of aliphatic hydroxyl groups excluding tert-OH is 1. The number of likely N-dealkylation sites (N-methyl/N-ethyl adjacent to an activating group) is 1. The van der Waals surface area contributed by atoms with Crippen LogP contribution in [0.1, 0.15) is 26.2 Å². The summed E-state index contributed by atoms with van der Waals surface area (Å²) in [6.45, 7) is 3.37. The van der Waals surface area contributed by atoms with E-state index in [1.165, 1.54) is 19.3 Å². The highest BCUT2D eigenvalue weighted by atomic mass is 32.1. The average Bonchev–Trinajstić information content (AvgIpc) is 2.10. The van der Waals surface area contributed by atoms with Crippen LogP contribution in [0.4, 0.5) is 0 Å². The van der Waals surface area contributed by atoms with E-state index < -0.39 is 0 Å². The first-order chi connectivity index (χ1) is 5.72. The molecule has 0 radical (unpaired) electrons. The predicted octanol–water partition coefficient (Wildman–Crippen LogP) is 1.40. The number of unbranched alkanes of at least 4 members (excludes halogenated alkanes) is 2. The van der Waals surface area contributed by atoms with Crippen molar-refractivity contribution in [2.75, 3.05) is 26.0 Å². The van der Waals surface area contributed by atoms with Gasteiger partial charge in [-0.3, -0.25) is 0 Å². The number of aliphatic hydroxyl groups is 1. The van der Waals surface area contributed by atoms with Gasteiger partial charge in [-0.1, -0.05) is 6.42 Å². The van der Waals surface area contributed by atoms with Gasteiger partial charge in [-0.15, -0.1) is 0 Å². The van der Waals surface area contributed by atoms with Gasteiger partial charge < -0.3 is 10.0 Å². The van der Waals surface area contributed by atoms with Crippen LogP contribution < -0.4 is 0 Å². The van der Waals surface area contributed by atoms with Crippen molar-refractivity contribution in [2.45, 2.75) is 32.2 Å². The van der Waals surface area contributed by atoms with E-state index in [4.69, 9.17) is 5.11 Å². The van der Waals surface area contributed by atoms with E-state index >= 15 is 0 Å². The molecule has 0 saturated carbocycles. The van der Waals surface area contributed by atoms with E-state index in [-0.39, 0.29) is 6.61 Å². The summed E-state index contributed by atoms with van der Waals surface area (Å²) in [5.74, 6) is 0.985. The normalized spacial score (nSPS) is 13.8. The Morgan fingerprint density at radius 3 is 2.50 bits per heavy atom. The number of hydrogen-bond donors (Lipinski definition) is 2. The first kappa shape index (κ1) is 12.3. The molecule has 0 bridgehead atoms. The molecular weight excluding hydrogens is 170 g/mol. The van der Waals surface area contributed by atoms with Crippen molar-refractivity contribution in [1.29, 1.82) is 0 Å². The van der Waals surface area contributed by atoms with Crippen LogP contribution >= 0.6 is 12.6 Å². The summed E-state index contributed by atoms with van der Waals surface area (Å²) < 4.78 is 0. The first-order valence-corrected chi connectivity index (χ1v) is 5.27. The molecule has 74 valence electrons. The van der Waals surface area contributed by atoms with E-state index in [9.17, 15) is 0 Å². The van der Waals surface area contributed by atoms with Gasteiger partial charge in [0.15, 0.2) is 0 Å². The minimum absolute atomic E-state index is 0.253. The second-order valence-electron chi connectivity index (χ2n) is 3.30. The molecule has 0 aliphatic rings. The van der Waals surface area contributed by atoms with Crippen molar-refractivity contribution in [3.8, 4) is 0 Å². The Bertz CT molecular complexity index is 101. The monoisotopic (exact) mass is 191 g/mol. The maximum absolute atomic E-state index is 8.85. The van der Waals surface area contributed by atoms with E-state index in [1.807, 2.05) is 6.92 Å². The average molecular weight is 191 g/mol. The third-order valence-corrected chi connectivity index (χ3v) is 2.50. The maximum atomic E-state index is 8.85. The predicted molar refractivity (Wildman–Crippen MR) is 56.9 cm³/mol. The summed E-state index contributed by atoms with van der Waals surface area (Å²) in [5, 5.41) is 8.85. The number of hydrogen-bond acceptors (Lipinski definition) is 3. The summed E-state index contributed by atoms with van der Waals surface area (Å²) in [6, 6.07) is 0.293. The molecule has 0 aromatic heterocycles. The molecule has 0 rings (SSSR count). The summed E-state index contributed by atoms with van der Waals surface area (Å²) in [6.07, 6.45) is 3.65. The van der Waals surface area contributed by atoms with Crippen molar-refractivity contribution >= 4 is 12.6 Å². The smallest absolute Gasteiger partial charge is 0.0584 e. The fraction of sp³-hybridized carbons (Fsp3) is 1.00. The molecule has 1 N–H and O–H groups in total. The van der Waals surface area contributed by atoms with Gasteiger partial charge in [0.05, 0.1) is 6.61 Å². The molecule has 0 aliphatic carbocycles. The fourth-order valence-electron chi connectivity index (χ4n) is 1.01. The number of rotatable bonds is 7. The van der Waals surface area contributed by atoms with Crippen LogP contribution in [0.2, 0.25) is 0 Å². The quantitative estimate of drug-likeness (QED) is 0.469. The summed E-state index contributed by atoms with van der Waals surface area (Å²) in [4.78, 5) is 2.19. The van der Waals surface area contributed by atoms with E-state index in [2.05, 4.69) is 24.6 Å². The summed E-state index contributed by atoms with van der Waals surface area (Å²) >= 11 is 4.15. The van der Waals surface area contributed by atoms with Gasteiger partial charge in [-0.2, -0.15) is 12.6 Å². The van der Waals surface area contributed by atoms with Crippen LogP contribution in [0.15, 0.2) is 0 Å². The molecule has 0 aromatic rings. The molecule has 0 aromatic carbocycles. The van der Waals surface area contributed by atoms with Gasteiger partial charge in [0, 0.05) is 6.04 Å². The molecule has 0 spiro atoms. The molecule has 12 heavy (non-hydrogen) atoms. The SMILES string of the molecule is CC(CO)N(C)CCCCCS. The molecule has 0 fully saturated rings. The lowest BCUT2D eigenvalue weighted by Gasteiger charge is -2.22. The Kier molecular flexibility index (Phi) is 8.07. The van der Waals surface area contributed by atoms with Crippen LogP contribution in [0, 0.1) is 0 Å². The lowest BCUT2D eigenvalue weighted by molar-refractivity contribution is 0.157. The van der Waals surface area contributed by atoms with Gasteiger partial charge in [-0.25, -0.2) is 0 Å². The zero-order chi connectivity index (χ0) is 9.40. The van der Waals surface area contributed by atoms with Crippen molar-refractivity contribution in [3.63, 3.8) is 0 Å². The first-order valence-electron chi connectivity index (χ1n) is 4.64. The van der Waals surface area contributed by atoms with Crippen LogP contribution in [0.3, 0.4) is 0 Å². The minimum atomic E-state index is 0.253. The van der Waals surface area contributed by atoms with Gasteiger partial charge in [-0.05, 0) is 39.1 Å². The molecule has 0 saturated heterocycles. The number of nitrogens with zero attached hydrogens (tertiary/aromatic N) is 1. The van der Waals surface area contributed by atoms with Crippen molar-refractivity contribution in [2.24, 2.45) is 0 Å². The highest BCUT2D eigenvalue weighted by Gasteiger charge is 2.05. The van der Waals surface area contributed by atoms with E-state index in [1.54, 1.807) is 0 Å². The zero-order valence-corrected chi connectivity index (χ0v) is 9.06. The lowest BCUT2D eigenvalue weighted by atomic mass is 10.2. The molecule has 0 heterocycles. The Morgan fingerprint density at radius 2 is 2.00 bits per heavy atom. The van der Waals surface area contributed by atoms with Gasteiger partial charge in [0.2, 0.25) is 0 Å². The van der Waals surface area contributed by atoms with Crippen molar-refractivity contribution < 1.29 is 5.11 Å². The summed E-state index contributed by atoms with van der Waals surface area (Å²) in [5.41, 5.74) is 0. The fourth-order valence-corrected chi connectivity index (χ4v) is 1.23. The van der Waals surface area contributed by atoms with Crippen LogP contribution in [0.5, 0.6) is 0 Å². The van der Waals surface area contributed by atoms with Crippen molar-refractivity contribution in [3.05, 3.63) is 0 Å². The second-order valence-corrected chi connectivity index (χ2v) is 3.74. The lowest BCUT2D eigenvalue weighted by Crippen LogP contribution is -2.32. The second kappa shape index (κ2) is 7.90.